The van der Waals surface area contributed by atoms with Gasteiger partial charge in [-0.05, 0) is 17.7 Å². The number of aromatic nitrogens is 2. The minimum absolute atomic E-state index is 0.0734. The summed E-state index contributed by atoms with van der Waals surface area (Å²) in [6.45, 7) is 0.867. The van der Waals surface area contributed by atoms with Crippen molar-refractivity contribution in [2.24, 2.45) is 10.9 Å². The molecule has 108 valence electrons. The largest absolute Gasteiger partial charge is 0.408 e. The van der Waals surface area contributed by atoms with Crippen LogP contribution in [-0.4, -0.2) is 25.2 Å². The van der Waals surface area contributed by atoms with Gasteiger partial charge in [0, 0.05) is 19.5 Å². The number of nitrogens with one attached hydrogen (secondary N) is 1. The van der Waals surface area contributed by atoms with Crippen molar-refractivity contribution in [3.63, 3.8) is 0 Å². The van der Waals surface area contributed by atoms with Crippen LogP contribution in [0.25, 0.3) is 0 Å². The summed E-state index contributed by atoms with van der Waals surface area (Å²) in [7, 11) is -3.66. The number of hydrogen-bond acceptors (Lipinski definition) is 7. The molecule has 0 atom stereocenters. The highest BCUT2D eigenvalue weighted by Gasteiger charge is 2.07. The minimum Gasteiger partial charge on any atom is -0.408 e. The molecule has 0 aliphatic carbocycles. The Hall–Kier alpha value is -1.97. The van der Waals surface area contributed by atoms with E-state index in [9.17, 15) is 8.42 Å². The first-order valence-electron chi connectivity index (χ1n) is 5.87. The maximum atomic E-state index is 11.1. The van der Waals surface area contributed by atoms with E-state index in [1.807, 2.05) is 0 Å². The molecule has 0 amide bonds. The lowest BCUT2D eigenvalue weighted by atomic mass is 10.2. The van der Waals surface area contributed by atoms with Crippen molar-refractivity contribution in [3.05, 3.63) is 35.7 Å². The Morgan fingerprint density at radius 2 is 1.90 bits per heavy atom. The zero-order chi connectivity index (χ0) is 14.6. The number of nitrogens with zero attached hydrogens (tertiary/aromatic N) is 2. The summed E-state index contributed by atoms with van der Waals surface area (Å²) in [6, 6.07) is 6.50. The maximum Gasteiger partial charge on any atom is 0.315 e. The Kier molecular flexibility index (Phi) is 4.32. The Bertz CT molecular complexity index is 666. The van der Waals surface area contributed by atoms with Crippen molar-refractivity contribution in [1.29, 1.82) is 0 Å². The summed E-state index contributed by atoms with van der Waals surface area (Å²) in [5.74, 6) is 0.472. The third-order valence-electron chi connectivity index (χ3n) is 2.52. The van der Waals surface area contributed by atoms with Crippen LogP contribution in [0, 0.1) is 0 Å². The highest BCUT2D eigenvalue weighted by atomic mass is 32.2. The minimum atomic E-state index is -3.66. The molecule has 8 nitrogen and oxygen atoms in total. The third-order valence-corrected chi connectivity index (χ3v) is 3.45. The molecule has 0 radical (unpaired) electrons. The predicted octanol–water partition coefficient (Wildman–Crippen LogP) is -0.170. The van der Waals surface area contributed by atoms with Gasteiger partial charge in [0.15, 0.2) is 0 Å². The van der Waals surface area contributed by atoms with E-state index in [0.29, 0.717) is 31.4 Å². The molecular weight excluding hydrogens is 282 g/mol. The van der Waals surface area contributed by atoms with Crippen molar-refractivity contribution >= 4 is 16.0 Å². The maximum absolute atomic E-state index is 11.1. The first-order chi connectivity index (χ1) is 9.49. The summed E-state index contributed by atoms with van der Waals surface area (Å²) in [4.78, 5) is 0.0734. The fraction of sp³-hybridized carbons (Fsp3) is 0.273. The van der Waals surface area contributed by atoms with Gasteiger partial charge in [0.05, 0.1) is 4.90 Å². The average Bonchev–Trinajstić information content (AvgIpc) is 2.84. The topological polar surface area (TPSA) is 137 Å². The van der Waals surface area contributed by atoms with Crippen LogP contribution in [0.4, 0.5) is 6.01 Å². The molecule has 1 aromatic carbocycles. The second kappa shape index (κ2) is 5.99. The second-order valence-corrected chi connectivity index (χ2v) is 5.64. The number of primary sulfonamides is 1. The van der Waals surface area contributed by atoms with Crippen molar-refractivity contribution < 1.29 is 12.8 Å². The van der Waals surface area contributed by atoms with Gasteiger partial charge in [-0.2, -0.15) is 0 Å². The van der Waals surface area contributed by atoms with E-state index in [1.54, 1.807) is 12.1 Å². The smallest absolute Gasteiger partial charge is 0.315 e. The third kappa shape index (κ3) is 3.76. The van der Waals surface area contributed by atoms with Gasteiger partial charge >= 0.3 is 6.01 Å². The quantitative estimate of drug-likeness (QED) is 0.673. The molecule has 20 heavy (non-hydrogen) atoms. The zero-order valence-electron chi connectivity index (χ0n) is 10.6. The molecule has 1 aromatic heterocycles. The monoisotopic (exact) mass is 297 g/mol. The summed E-state index contributed by atoms with van der Waals surface area (Å²) in [5, 5.41) is 15.6. The second-order valence-electron chi connectivity index (χ2n) is 4.08. The zero-order valence-corrected chi connectivity index (χ0v) is 11.4. The van der Waals surface area contributed by atoms with Crippen molar-refractivity contribution in [2.45, 2.75) is 17.9 Å². The molecule has 0 aliphatic heterocycles. The molecule has 0 aliphatic rings. The fourth-order valence-electron chi connectivity index (χ4n) is 1.52. The first kappa shape index (κ1) is 14.4. The van der Waals surface area contributed by atoms with Crippen LogP contribution < -0.4 is 16.2 Å². The number of hydrogen-bond donors (Lipinski definition) is 3. The lowest BCUT2D eigenvalue weighted by molar-refractivity contribution is 0.505. The SMILES string of the molecule is NCCc1nnc(NCc2ccc(S(N)(=O)=O)cc2)o1. The summed E-state index contributed by atoms with van der Waals surface area (Å²) < 4.78 is 27.5. The van der Waals surface area contributed by atoms with Gasteiger partial charge in [-0.1, -0.05) is 17.2 Å². The van der Waals surface area contributed by atoms with Crippen LogP contribution in [0.3, 0.4) is 0 Å². The Morgan fingerprint density at radius 3 is 2.50 bits per heavy atom. The van der Waals surface area contributed by atoms with Crippen LogP contribution in [-0.2, 0) is 23.0 Å². The van der Waals surface area contributed by atoms with Crippen LogP contribution >= 0.6 is 0 Å². The standard InChI is InChI=1S/C11H15N5O3S/c12-6-5-10-15-16-11(19-10)14-7-8-1-3-9(4-2-8)20(13,17)18/h1-4H,5-7,12H2,(H,14,16)(H2,13,17,18). The van der Waals surface area contributed by atoms with Gasteiger partial charge in [-0.15, -0.1) is 5.10 Å². The van der Waals surface area contributed by atoms with Crippen molar-refractivity contribution in [1.82, 2.24) is 10.2 Å². The molecule has 2 aromatic rings. The van der Waals surface area contributed by atoms with Crippen LogP contribution in [0.2, 0.25) is 0 Å². The van der Waals surface area contributed by atoms with E-state index in [-0.39, 0.29) is 4.90 Å². The number of anilines is 1. The van der Waals surface area contributed by atoms with Crippen LogP contribution in [0.1, 0.15) is 11.5 Å². The van der Waals surface area contributed by atoms with E-state index in [1.165, 1.54) is 12.1 Å². The van der Waals surface area contributed by atoms with Gasteiger partial charge in [0.1, 0.15) is 0 Å². The number of benzene rings is 1. The summed E-state index contributed by atoms with van der Waals surface area (Å²) in [6.07, 6.45) is 0.526. The molecule has 0 saturated carbocycles. The Labute approximate surface area is 116 Å². The predicted molar refractivity (Wildman–Crippen MR) is 72.2 cm³/mol. The molecule has 0 spiro atoms. The van der Waals surface area contributed by atoms with E-state index in [4.69, 9.17) is 15.3 Å². The number of nitrogens with two attached hydrogens (primary N) is 2. The van der Waals surface area contributed by atoms with E-state index in [0.717, 1.165) is 5.56 Å². The molecule has 0 unspecified atom stereocenters. The van der Waals surface area contributed by atoms with Gasteiger partial charge in [-0.25, -0.2) is 13.6 Å². The lowest BCUT2D eigenvalue weighted by Crippen LogP contribution is -2.12. The molecule has 5 N–H and O–H groups in total. The fourth-order valence-corrected chi connectivity index (χ4v) is 2.04. The highest BCUT2D eigenvalue weighted by Crippen LogP contribution is 2.11. The Morgan fingerprint density at radius 1 is 1.20 bits per heavy atom. The van der Waals surface area contributed by atoms with Gasteiger partial charge < -0.3 is 15.5 Å². The van der Waals surface area contributed by atoms with E-state index >= 15 is 0 Å². The molecule has 0 bridgehead atoms. The van der Waals surface area contributed by atoms with Crippen molar-refractivity contribution in [2.75, 3.05) is 11.9 Å². The van der Waals surface area contributed by atoms with Crippen LogP contribution in [0.5, 0.6) is 0 Å². The Balaban J connectivity index is 1.96. The highest BCUT2D eigenvalue weighted by molar-refractivity contribution is 7.89. The molecule has 1 heterocycles. The lowest BCUT2D eigenvalue weighted by Gasteiger charge is -2.03. The van der Waals surface area contributed by atoms with Crippen LogP contribution in [0.15, 0.2) is 33.6 Å². The number of sulfonamides is 1. The van der Waals surface area contributed by atoms with Gasteiger partial charge in [0.25, 0.3) is 0 Å². The average molecular weight is 297 g/mol. The molecule has 0 saturated heterocycles. The number of rotatable bonds is 6. The molecular formula is C11H15N5O3S. The van der Waals surface area contributed by atoms with Gasteiger partial charge in [-0.3, -0.25) is 0 Å². The van der Waals surface area contributed by atoms with E-state index in [2.05, 4.69) is 15.5 Å². The summed E-state index contributed by atoms with van der Waals surface area (Å²) in [5.41, 5.74) is 6.23. The molecule has 0 fully saturated rings. The molecule has 2 rings (SSSR count). The normalized spacial score (nSPS) is 11.5. The molecule has 9 heteroatoms. The first-order valence-corrected chi connectivity index (χ1v) is 7.42. The van der Waals surface area contributed by atoms with Gasteiger partial charge in [0.2, 0.25) is 15.9 Å². The van der Waals surface area contributed by atoms with Crippen molar-refractivity contribution in [3.8, 4) is 0 Å². The summed E-state index contributed by atoms with van der Waals surface area (Å²) >= 11 is 0. The van der Waals surface area contributed by atoms with E-state index < -0.39 is 10.0 Å².